The molecule has 0 radical (unpaired) electrons. The molecule has 0 spiro atoms. The lowest BCUT2D eigenvalue weighted by Gasteiger charge is -2.34. The van der Waals surface area contributed by atoms with Crippen LogP contribution in [0.1, 0.15) is 41.0 Å². The summed E-state index contributed by atoms with van der Waals surface area (Å²) in [4.78, 5) is 14.4. The quantitative estimate of drug-likeness (QED) is 0.747. The van der Waals surface area contributed by atoms with E-state index in [9.17, 15) is 4.79 Å². The van der Waals surface area contributed by atoms with E-state index in [0.717, 1.165) is 17.0 Å². The van der Waals surface area contributed by atoms with E-state index in [2.05, 4.69) is 16.5 Å². The average Bonchev–Trinajstić information content (AvgIpc) is 2.43. The van der Waals surface area contributed by atoms with E-state index in [1.54, 1.807) is 0 Å². The second kappa shape index (κ2) is 4.65. The molecule has 94 valence electrons. The first-order valence-electron chi connectivity index (χ1n) is 6.37. The van der Waals surface area contributed by atoms with Crippen molar-refractivity contribution in [2.24, 2.45) is 7.05 Å². The van der Waals surface area contributed by atoms with Crippen LogP contribution in [0.25, 0.3) is 0 Å². The van der Waals surface area contributed by atoms with Crippen LogP contribution in [0.2, 0.25) is 0 Å². The average molecular weight is 234 g/mol. The molecule has 0 amide bonds. The van der Waals surface area contributed by atoms with Crippen LogP contribution < -0.4 is 0 Å². The Labute approximate surface area is 103 Å². The number of likely N-dealkylation sites (N-methyl/N-ethyl adjacent to an activating group) is 1. The Bertz CT molecular complexity index is 430. The van der Waals surface area contributed by atoms with E-state index in [-0.39, 0.29) is 5.78 Å². The molecule has 1 aromatic heterocycles. The van der Waals surface area contributed by atoms with Crippen LogP contribution >= 0.6 is 0 Å². The molecule has 0 saturated heterocycles. The minimum atomic E-state index is 0.251. The first-order chi connectivity index (χ1) is 8.00. The largest absolute Gasteiger partial charge is 0.351 e. The molecule has 1 saturated carbocycles. The molecule has 17 heavy (non-hydrogen) atoms. The van der Waals surface area contributed by atoms with E-state index in [4.69, 9.17) is 0 Å². The van der Waals surface area contributed by atoms with Crippen LogP contribution in [0.4, 0.5) is 0 Å². The van der Waals surface area contributed by atoms with Gasteiger partial charge in [0.15, 0.2) is 5.78 Å². The minimum Gasteiger partial charge on any atom is -0.351 e. The van der Waals surface area contributed by atoms with Crippen molar-refractivity contribution in [1.82, 2.24) is 9.47 Å². The van der Waals surface area contributed by atoms with Crippen molar-refractivity contribution < 1.29 is 4.79 Å². The number of ketones is 1. The lowest BCUT2D eigenvalue weighted by Crippen LogP contribution is -2.40. The van der Waals surface area contributed by atoms with Crippen molar-refractivity contribution in [1.29, 1.82) is 0 Å². The molecule has 0 atom stereocenters. The Balaban J connectivity index is 2.06. The molecule has 0 N–H and O–H groups in total. The normalized spacial score (nSPS) is 16.3. The summed E-state index contributed by atoms with van der Waals surface area (Å²) in [6.45, 7) is 4.61. The highest BCUT2D eigenvalue weighted by molar-refractivity contribution is 5.99. The Morgan fingerprint density at radius 3 is 2.53 bits per heavy atom. The number of aromatic nitrogens is 1. The van der Waals surface area contributed by atoms with E-state index in [1.807, 2.05) is 27.0 Å². The first kappa shape index (κ1) is 12.4. The number of carbonyl (C=O) groups is 1. The minimum absolute atomic E-state index is 0.251. The SMILES string of the molecule is Cc1cc(C(=O)CN(C)C2CCC2)c(C)n1C. The molecule has 2 rings (SSSR count). The van der Waals surface area contributed by atoms with E-state index in [0.29, 0.717) is 12.6 Å². The van der Waals surface area contributed by atoms with Crippen LogP contribution in [0.15, 0.2) is 6.07 Å². The molecular weight excluding hydrogens is 212 g/mol. The Kier molecular flexibility index (Phi) is 3.38. The Hall–Kier alpha value is -1.09. The number of hydrogen-bond acceptors (Lipinski definition) is 2. The topological polar surface area (TPSA) is 25.2 Å². The molecule has 3 nitrogen and oxygen atoms in total. The summed E-state index contributed by atoms with van der Waals surface area (Å²) >= 11 is 0. The van der Waals surface area contributed by atoms with Gasteiger partial charge >= 0.3 is 0 Å². The summed E-state index contributed by atoms with van der Waals surface area (Å²) in [6.07, 6.45) is 3.81. The molecule has 0 unspecified atom stereocenters. The third kappa shape index (κ3) is 2.29. The van der Waals surface area contributed by atoms with Crippen molar-refractivity contribution in [3.8, 4) is 0 Å². The number of aryl methyl sites for hydroxylation is 1. The van der Waals surface area contributed by atoms with Crippen molar-refractivity contribution in [3.63, 3.8) is 0 Å². The zero-order valence-corrected chi connectivity index (χ0v) is 11.3. The molecule has 0 bridgehead atoms. The van der Waals surface area contributed by atoms with Gasteiger partial charge in [0.1, 0.15) is 0 Å². The maximum absolute atomic E-state index is 12.2. The molecule has 1 fully saturated rings. The van der Waals surface area contributed by atoms with Crippen LogP contribution in [0, 0.1) is 13.8 Å². The number of carbonyl (C=O) groups excluding carboxylic acids is 1. The van der Waals surface area contributed by atoms with Crippen molar-refractivity contribution in [2.45, 2.75) is 39.2 Å². The van der Waals surface area contributed by atoms with Gasteiger partial charge in [-0.05, 0) is 39.8 Å². The van der Waals surface area contributed by atoms with Crippen LogP contribution in [0.5, 0.6) is 0 Å². The molecule has 0 aliphatic heterocycles. The highest BCUT2D eigenvalue weighted by atomic mass is 16.1. The monoisotopic (exact) mass is 234 g/mol. The lowest BCUT2D eigenvalue weighted by atomic mass is 9.91. The molecule has 1 aromatic rings. The van der Waals surface area contributed by atoms with Crippen LogP contribution in [-0.4, -0.2) is 34.9 Å². The molecule has 0 aromatic carbocycles. The molecule has 3 heteroatoms. The summed E-state index contributed by atoms with van der Waals surface area (Å²) in [5, 5.41) is 0. The fourth-order valence-electron chi connectivity index (χ4n) is 2.41. The predicted molar refractivity (Wildman–Crippen MR) is 69.5 cm³/mol. The smallest absolute Gasteiger partial charge is 0.178 e. The molecule has 1 heterocycles. The number of hydrogen-bond donors (Lipinski definition) is 0. The zero-order valence-electron chi connectivity index (χ0n) is 11.3. The van der Waals surface area contributed by atoms with Gasteiger partial charge in [-0.25, -0.2) is 0 Å². The predicted octanol–water partition coefficient (Wildman–Crippen LogP) is 2.31. The number of nitrogens with zero attached hydrogens (tertiary/aromatic N) is 2. The van der Waals surface area contributed by atoms with Crippen molar-refractivity contribution in [2.75, 3.05) is 13.6 Å². The highest BCUT2D eigenvalue weighted by Gasteiger charge is 2.24. The third-order valence-corrected chi connectivity index (χ3v) is 4.17. The second-order valence-electron chi connectivity index (χ2n) is 5.27. The fraction of sp³-hybridized carbons (Fsp3) is 0.643. The van der Waals surface area contributed by atoms with Crippen molar-refractivity contribution >= 4 is 5.78 Å². The summed E-state index contributed by atoms with van der Waals surface area (Å²) in [6, 6.07) is 2.63. The van der Waals surface area contributed by atoms with Gasteiger partial charge in [0.05, 0.1) is 6.54 Å². The number of rotatable bonds is 4. The van der Waals surface area contributed by atoms with Gasteiger partial charge in [-0.15, -0.1) is 0 Å². The van der Waals surface area contributed by atoms with Gasteiger partial charge in [-0.2, -0.15) is 0 Å². The van der Waals surface area contributed by atoms with E-state index in [1.165, 1.54) is 19.3 Å². The molecular formula is C14H22N2O. The molecule has 1 aliphatic carbocycles. The maximum Gasteiger partial charge on any atom is 0.178 e. The van der Waals surface area contributed by atoms with Gasteiger partial charge in [0.25, 0.3) is 0 Å². The van der Waals surface area contributed by atoms with Crippen molar-refractivity contribution in [3.05, 3.63) is 23.0 Å². The zero-order chi connectivity index (χ0) is 12.6. The van der Waals surface area contributed by atoms with E-state index >= 15 is 0 Å². The Morgan fingerprint density at radius 1 is 1.47 bits per heavy atom. The van der Waals surface area contributed by atoms with Gasteiger partial charge in [-0.3, -0.25) is 9.69 Å². The lowest BCUT2D eigenvalue weighted by molar-refractivity contribution is 0.0870. The Morgan fingerprint density at radius 2 is 2.12 bits per heavy atom. The van der Waals surface area contributed by atoms with Gasteiger partial charge < -0.3 is 4.57 Å². The van der Waals surface area contributed by atoms with Gasteiger partial charge in [0, 0.05) is 30.0 Å². The van der Waals surface area contributed by atoms with Gasteiger partial charge in [0.2, 0.25) is 0 Å². The van der Waals surface area contributed by atoms with E-state index < -0.39 is 0 Å². The number of Topliss-reactive ketones (excluding diaryl/α,β-unsaturated/α-hetero) is 1. The third-order valence-electron chi connectivity index (χ3n) is 4.17. The second-order valence-corrected chi connectivity index (χ2v) is 5.27. The first-order valence-corrected chi connectivity index (χ1v) is 6.37. The maximum atomic E-state index is 12.2. The summed E-state index contributed by atoms with van der Waals surface area (Å²) in [5.41, 5.74) is 3.11. The highest BCUT2D eigenvalue weighted by Crippen LogP contribution is 2.24. The summed E-state index contributed by atoms with van der Waals surface area (Å²) < 4.78 is 2.08. The summed E-state index contributed by atoms with van der Waals surface area (Å²) in [5.74, 6) is 0.251. The molecule has 1 aliphatic rings. The van der Waals surface area contributed by atoms with Crippen LogP contribution in [-0.2, 0) is 7.05 Å². The standard InChI is InChI=1S/C14H22N2O/c1-10-8-13(11(2)16(10)4)14(17)9-15(3)12-6-5-7-12/h8,12H,5-7,9H2,1-4H3. The fourth-order valence-corrected chi connectivity index (χ4v) is 2.41. The summed E-state index contributed by atoms with van der Waals surface area (Å²) in [7, 11) is 4.07. The van der Waals surface area contributed by atoms with Crippen LogP contribution in [0.3, 0.4) is 0 Å². The van der Waals surface area contributed by atoms with Gasteiger partial charge in [-0.1, -0.05) is 6.42 Å².